The highest BCUT2D eigenvalue weighted by molar-refractivity contribution is 5.40. The zero-order valence-electron chi connectivity index (χ0n) is 18.0. The quantitative estimate of drug-likeness (QED) is 0.422. The van der Waals surface area contributed by atoms with Crippen molar-refractivity contribution >= 4 is 0 Å². The van der Waals surface area contributed by atoms with E-state index in [-0.39, 0.29) is 6.61 Å². The van der Waals surface area contributed by atoms with Crippen LogP contribution in [0.2, 0.25) is 0 Å². The number of hydrogen-bond acceptors (Lipinski definition) is 6. The van der Waals surface area contributed by atoms with Gasteiger partial charge in [-0.05, 0) is 41.0 Å². The van der Waals surface area contributed by atoms with Crippen LogP contribution in [0.5, 0.6) is 11.5 Å². The molecule has 5 rings (SSSR count). The minimum absolute atomic E-state index is 0.255. The maximum Gasteiger partial charge on any atom is 0.240 e. The Balaban J connectivity index is 1.26. The van der Waals surface area contributed by atoms with Gasteiger partial charge in [-0.25, -0.2) is 0 Å². The smallest absolute Gasteiger partial charge is 0.240 e. The van der Waals surface area contributed by atoms with Crippen LogP contribution in [-0.4, -0.2) is 28.7 Å². The van der Waals surface area contributed by atoms with Crippen LogP contribution in [0.1, 0.15) is 34.3 Å². The molecular formula is C26H25N3O3. The molecule has 0 aliphatic carbocycles. The highest BCUT2D eigenvalue weighted by atomic mass is 16.5. The summed E-state index contributed by atoms with van der Waals surface area (Å²) in [4.78, 5) is 6.90. The molecule has 0 N–H and O–H groups in total. The normalized spacial score (nSPS) is 15.8. The molecule has 6 heteroatoms. The third kappa shape index (κ3) is 4.50. The number of methoxy groups -OCH3 is 1. The molecule has 162 valence electrons. The van der Waals surface area contributed by atoms with Gasteiger partial charge in [-0.15, -0.1) is 0 Å². The molecule has 2 heterocycles. The molecule has 0 unspecified atom stereocenters. The Labute approximate surface area is 187 Å². The summed E-state index contributed by atoms with van der Waals surface area (Å²) < 4.78 is 16.4. The van der Waals surface area contributed by atoms with Crippen molar-refractivity contribution in [2.45, 2.75) is 25.6 Å². The maximum atomic E-state index is 5.76. The molecular weight excluding hydrogens is 402 g/mol. The van der Waals surface area contributed by atoms with E-state index in [0.717, 1.165) is 24.6 Å². The Morgan fingerprint density at radius 2 is 1.69 bits per heavy atom. The number of nitrogens with zero attached hydrogens (tertiary/aromatic N) is 3. The van der Waals surface area contributed by atoms with E-state index < -0.39 is 0 Å². The Morgan fingerprint density at radius 1 is 0.938 bits per heavy atom. The summed E-state index contributed by atoms with van der Waals surface area (Å²) in [7, 11) is 1.64. The summed E-state index contributed by atoms with van der Waals surface area (Å²) in [5, 5.41) is 4.09. The molecule has 0 spiro atoms. The molecule has 1 atom stereocenters. The van der Waals surface area contributed by atoms with Gasteiger partial charge in [0, 0.05) is 19.0 Å². The number of fused-ring (bicyclic) bond motifs is 1. The molecule has 0 saturated carbocycles. The van der Waals surface area contributed by atoms with Crippen LogP contribution in [0.3, 0.4) is 0 Å². The van der Waals surface area contributed by atoms with Gasteiger partial charge in [0.2, 0.25) is 11.7 Å². The first-order valence-electron chi connectivity index (χ1n) is 10.7. The molecule has 0 radical (unpaired) electrons. The van der Waals surface area contributed by atoms with Gasteiger partial charge in [0.05, 0.1) is 13.7 Å². The highest BCUT2D eigenvalue weighted by Gasteiger charge is 2.27. The van der Waals surface area contributed by atoms with Gasteiger partial charge in [-0.1, -0.05) is 59.8 Å². The Morgan fingerprint density at radius 3 is 2.50 bits per heavy atom. The number of aromatic nitrogens is 2. The maximum absolute atomic E-state index is 5.76. The summed E-state index contributed by atoms with van der Waals surface area (Å²) in [6.45, 7) is 2.62. The molecule has 4 aromatic rings. The summed E-state index contributed by atoms with van der Waals surface area (Å²) in [5.74, 6) is 2.98. The molecule has 0 amide bonds. The van der Waals surface area contributed by atoms with Crippen LogP contribution in [-0.2, 0) is 19.7 Å². The van der Waals surface area contributed by atoms with Crippen molar-refractivity contribution in [1.82, 2.24) is 15.0 Å². The van der Waals surface area contributed by atoms with Gasteiger partial charge in [-0.3, -0.25) is 4.90 Å². The highest BCUT2D eigenvalue weighted by Crippen LogP contribution is 2.33. The zero-order valence-corrected chi connectivity index (χ0v) is 18.0. The third-order valence-corrected chi connectivity index (χ3v) is 5.76. The number of benzene rings is 3. The van der Waals surface area contributed by atoms with E-state index in [2.05, 4.69) is 69.6 Å². The summed E-state index contributed by atoms with van der Waals surface area (Å²) in [5.41, 5.74) is 4.06. The van der Waals surface area contributed by atoms with Crippen LogP contribution in [0, 0.1) is 0 Å². The molecule has 0 fully saturated rings. The van der Waals surface area contributed by atoms with Crippen molar-refractivity contribution in [2.24, 2.45) is 0 Å². The van der Waals surface area contributed by atoms with Gasteiger partial charge >= 0.3 is 0 Å². The van der Waals surface area contributed by atoms with E-state index >= 15 is 0 Å². The van der Waals surface area contributed by atoms with Gasteiger partial charge in [0.15, 0.2) is 6.61 Å². The largest absolute Gasteiger partial charge is 0.497 e. The number of ether oxygens (including phenoxy) is 2. The topological polar surface area (TPSA) is 60.6 Å². The molecule has 0 bridgehead atoms. The molecule has 3 aromatic carbocycles. The van der Waals surface area contributed by atoms with Crippen LogP contribution >= 0.6 is 0 Å². The first-order chi connectivity index (χ1) is 15.8. The van der Waals surface area contributed by atoms with Crippen molar-refractivity contribution in [1.29, 1.82) is 0 Å². The lowest BCUT2D eigenvalue weighted by atomic mass is 9.85. The van der Waals surface area contributed by atoms with E-state index in [1.54, 1.807) is 7.11 Å². The third-order valence-electron chi connectivity index (χ3n) is 5.76. The van der Waals surface area contributed by atoms with Gasteiger partial charge in [-0.2, -0.15) is 4.98 Å². The molecule has 32 heavy (non-hydrogen) atoms. The number of rotatable bonds is 7. The fraction of sp³-hybridized carbons (Fsp3) is 0.231. The first-order valence-corrected chi connectivity index (χ1v) is 10.7. The number of hydrogen-bond donors (Lipinski definition) is 0. The van der Waals surface area contributed by atoms with Crippen LogP contribution in [0.25, 0.3) is 0 Å². The SMILES string of the molecule is COc1ccc(OCc2noc(CN3Cc4ccccc4[C@@H](c4ccccc4)C3)n2)cc1. The molecule has 1 aliphatic heterocycles. The lowest BCUT2D eigenvalue weighted by Gasteiger charge is -2.34. The monoisotopic (exact) mass is 427 g/mol. The Kier molecular flexibility index (Phi) is 5.85. The van der Waals surface area contributed by atoms with Crippen molar-refractivity contribution < 1.29 is 14.0 Å². The molecule has 1 aromatic heterocycles. The van der Waals surface area contributed by atoms with Crippen LogP contribution in [0.15, 0.2) is 83.4 Å². The summed E-state index contributed by atoms with van der Waals surface area (Å²) >= 11 is 0. The van der Waals surface area contributed by atoms with Gasteiger partial charge in [0.1, 0.15) is 11.5 Å². The second kappa shape index (κ2) is 9.24. The van der Waals surface area contributed by atoms with E-state index in [1.165, 1.54) is 16.7 Å². The van der Waals surface area contributed by atoms with Gasteiger partial charge < -0.3 is 14.0 Å². The van der Waals surface area contributed by atoms with Crippen molar-refractivity contribution in [3.8, 4) is 11.5 Å². The van der Waals surface area contributed by atoms with Crippen molar-refractivity contribution in [3.05, 3.63) is 107 Å². The van der Waals surface area contributed by atoms with E-state index in [0.29, 0.717) is 24.2 Å². The lowest BCUT2D eigenvalue weighted by molar-refractivity contribution is 0.200. The van der Waals surface area contributed by atoms with Gasteiger partial charge in [0.25, 0.3) is 0 Å². The standard InChI is InChI=1S/C26H25N3O3/c1-30-21-11-13-22(14-12-21)31-18-25-27-26(32-28-25)17-29-15-20-9-5-6-10-23(20)24(16-29)19-7-3-2-4-8-19/h2-14,24H,15-18H2,1H3/t24-/m1/s1. The zero-order chi connectivity index (χ0) is 21.8. The predicted molar refractivity (Wildman–Crippen MR) is 120 cm³/mol. The lowest BCUT2D eigenvalue weighted by Crippen LogP contribution is -2.33. The van der Waals surface area contributed by atoms with E-state index in [1.807, 2.05) is 24.3 Å². The Hall–Kier alpha value is -3.64. The first kappa shape index (κ1) is 20.3. The Bertz CT molecular complexity index is 1160. The fourth-order valence-corrected chi connectivity index (χ4v) is 4.20. The predicted octanol–water partition coefficient (Wildman–Crippen LogP) is 4.80. The van der Waals surface area contributed by atoms with Crippen molar-refractivity contribution in [3.63, 3.8) is 0 Å². The average molecular weight is 428 g/mol. The van der Waals surface area contributed by atoms with Crippen molar-refractivity contribution in [2.75, 3.05) is 13.7 Å². The molecule has 1 aliphatic rings. The van der Waals surface area contributed by atoms with Crippen LogP contribution in [0.4, 0.5) is 0 Å². The summed E-state index contributed by atoms with van der Waals surface area (Å²) in [6, 6.07) is 26.8. The van der Waals surface area contributed by atoms with Crippen LogP contribution < -0.4 is 9.47 Å². The molecule has 6 nitrogen and oxygen atoms in total. The minimum Gasteiger partial charge on any atom is -0.497 e. The van der Waals surface area contributed by atoms with E-state index in [9.17, 15) is 0 Å². The second-order valence-corrected chi connectivity index (χ2v) is 7.90. The van der Waals surface area contributed by atoms with E-state index in [4.69, 9.17) is 14.0 Å². The minimum atomic E-state index is 0.255. The average Bonchev–Trinajstić information content (AvgIpc) is 3.30. The molecule has 0 saturated heterocycles. The fourth-order valence-electron chi connectivity index (χ4n) is 4.20. The second-order valence-electron chi connectivity index (χ2n) is 7.90. The summed E-state index contributed by atoms with van der Waals surface area (Å²) in [6.07, 6.45) is 0.